The molecule has 1 fully saturated rings. The number of benzene rings is 3. The minimum atomic E-state index is -0.344. The number of aromatic nitrogens is 1. The quantitative estimate of drug-likeness (QED) is 0.406. The Morgan fingerprint density at radius 1 is 0.970 bits per heavy atom. The average Bonchev–Trinajstić information content (AvgIpc) is 3.36. The summed E-state index contributed by atoms with van der Waals surface area (Å²) in [6, 6.07) is 29.5. The molecule has 0 saturated carbocycles. The van der Waals surface area contributed by atoms with Gasteiger partial charge in [0.05, 0.1) is 18.0 Å². The maximum absolute atomic E-state index is 9.87. The van der Waals surface area contributed by atoms with Gasteiger partial charge in [0.25, 0.3) is 0 Å². The standard InChI is InChI=1S/C28H28N4O/c29-21-28(23-9-2-1-3-10-23)13-16-32(17-14-28)18-15-30-20-24-19-27(31-33-24)26-12-6-8-22-7-4-5-11-25(22)26/h1-12,19,30H,13-18,20H2. The van der Waals surface area contributed by atoms with E-state index in [-0.39, 0.29) is 5.41 Å². The van der Waals surface area contributed by atoms with Gasteiger partial charge in [-0.25, -0.2) is 0 Å². The van der Waals surface area contributed by atoms with Crippen LogP contribution in [-0.2, 0) is 12.0 Å². The molecule has 5 nitrogen and oxygen atoms in total. The van der Waals surface area contributed by atoms with Gasteiger partial charge in [-0.3, -0.25) is 0 Å². The largest absolute Gasteiger partial charge is 0.359 e. The second-order valence-electron chi connectivity index (χ2n) is 8.78. The highest BCUT2D eigenvalue weighted by Gasteiger charge is 2.36. The van der Waals surface area contributed by atoms with Crippen LogP contribution in [0.25, 0.3) is 22.0 Å². The molecule has 0 aliphatic carbocycles. The first-order valence-electron chi connectivity index (χ1n) is 11.6. The number of nitrogens with zero attached hydrogens (tertiary/aromatic N) is 3. The van der Waals surface area contributed by atoms with Crippen LogP contribution < -0.4 is 5.32 Å². The van der Waals surface area contributed by atoms with Crippen LogP contribution in [0.4, 0.5) is 0 Å². The monoisotopic (exact) mass is 436 g/mol. The normalized spacial score (nSPS) is 16.0. The van der Waals surface area contributed by atoms with E-state index in [1.54, 1.807) is 0 Å². The Labute approximate surface area is 194 Å². The summed E-state index contributed by atoms with van der Waals surface area (Å²) in [5.74, 6) is 0.837. The number of piperidine rings is 1. The van der Waals surface area contributed by atoms with Crippen molar-refractivity contribution in [1.82, 2.24) is 15.4 Å². The predicted molar refractivity (Wildman–Crippen MR) is 131 cm³/mol. The fourth-order valence-corrected chi connectivity index (χ4v) is 4.80. The molecule has 0 amide bonds. The molecule has 0 unspecified atom stereocenters. The molecule has 33 heavy (non-hydrogen) atoms. The van der Waals surface area contributed by atoms with Crippen molar-refractivity contribution in [3.05, 3.63) is 90.2 Å². The van der Waals surface area contributed by atoms with Crippen LogP contribution in [0.2, 0.25) is 0 Å². The van der Waals surface area contributed by atoms with E-state index in [9.17, 15) is 5.26 Å². The number of hydrogen-bond acceptors (Lipinski definition) is 5. The molecular formula is C28H28N4O. The van der Waals surface area contributed by atoms with Gasteiger partial charge in [0.1, 0.15) is 5.69 Å². The van der Waals surface area contributed by atoms with Crippen LogP contribution >= 0.6 is 0 Å². The maximum atomic E-state index is 9.87. The van der Waals surface area contributed by atoms with Crippen LogP contribution in [0, 0.1) is 11.3 Å². The topological polar surface area (TPSA) is 65.1 Å². The number of nitriles is 1. The van der Waals surface area contributed by atoms with E-state index < -0.39 is 0 Å². The molecule has 3 aromatic carbocycles. The lowest BCUT2D eigenvalue weighted by Crippen LogP contribution is -2.44. The highest BCUT2D eigenvalue weighted by Crippen LogP contribution is 2.34. The molecule has 1 N–H and O–H groups in total. The van der Waals surface area contributed by atoms with E-state index in [0.717, 1.165) is 61.6 Å². The van der Waals surface area contributed by atoms with E-state index >= 15 is 0 Å². The Hall–Kier alpha value is -3.46. The molecule has 166 valence electrons. The van der Waals surface area contributed by atoms with E-state index in [1.807, 2.05) is 24.3 Å². The summed E-state index contributed by atoms with van der Waals surface area (Å²) in [6.07, 6.45) is 1.76. The lowest BCUT2D eigenvalue weighted by molar-refractivity contribution is 0.186. The Bertz CT molecular complexity index is 1240. The zero-order valence-corrected chi connectivity index (χ0v) is 18.7. The predicted octanol–water partition coefficient (Wildman–Crippen LogP) is 5.14. The molecule has 4 aromatic rings. The molecular weight excluding hydrogens is 408 g/mol. The lowest BCUT2D eigenvalue weighted by Gasteiger charge is -2.37. The third-order valence-electron chi connectivity index (χ3n) is 6.78. The average molecular weight is 437 g/mol. The van der Waals surface area contributed by atoms with Gasteiger partial charge >= 0.3 is 0 Å². The Morgan fingerprint density at radius 3 is 2.55 bits per heavy atom. The first-order valence-corrected chi connectivity index (χ1v) is 11.6. The van der Waals surface area contributed by atoms with Crippen LogP contribution in [0.15, 0.2) is 83.4 Å². The summed E-state index contributed by atoms with van der Waals surface area (Å²) in [5.41, 5.74) is 2.77. The summed E-state index contributed by atoms with van der Waals surface area (Å²) in [4.78, 5) is 2.44. The van der Waals surface area contributed by atoms with Crippen molar-refractivity contribution in [2.24, 2.45) is 0 Å². The molecule has 0 radical (unpaired) electrons. The van der Waals surface area contributed by atoms with Gasteiger partial charge in [-0.05, 0) is 29.2 Å². The lowest BCUT2D eigenvalue weighted by atomic mass is 9.74. The van der Waals surface area contributed by atoms with Crippen LogP contribution in [0.3, 0.4) is 0 Å². The van der Waals surface area contributed by atoms with Gasteiger partial charge in [-0.2, -0.15) is 5.26 Å². The zero-order valence-electron chi connectivity index (χ0n) is 18.7. The third kappa shape index (κ3) is 4.54. The number of fused-ring (bicyclic) bond motifs is 1. The van der Waals surface area contributed by atoms with Crippen molar-refractivity contribution in [1.29, 1.82) is 5.26 Å². The van der Waals surface area contributed by atoms with Crippen LogP contribution in [0.5, 0.6) is 0 Å². The highest BCUT2D eigenvalue weighted by atomic mass is 16.5. The Kier molecular flexibility index (Phi) is 6.21. The van der Waals surface area contributed by atoms with Crippen LogP contribution in [0.1, 0.15) is 24.2 Å². The van der Waals surface area contributed by atoms with E-state index in [4.69, 9.17) is 4.52 Å². The molecule has 1 aliphatic rings. The van der Waals surface area contributed by atoms with Gasteiger partial charge in [0, 0.05) is 37.8 Å². The van der Waals surface area contributed by atoms with Gasteiger partial charge < -0.3 is 14.7 Å². The molecule has 0 atom stereocenters. The van der Waals surface area contributed by atoms with Gasteiger partial charge in [-0.1, -0.05) is 78.0 Å². The summed E-state index contributed by atoms with van der Waals surface area (Å²) >= 11 is 0. The number of nitrogens with one attached hydrogen (secondary N) is 1. The highest BCUT2D eigenvalue weighted by molar-refractivity contribution is 5.95. The number of rotatable bonds is 7. The summed E-state index contributed by atoms with van der Waals surface area (Å²) in [5, 5.41) is 20.0. The van der Waals surface area contributed by atoms with Crippen molar-refractivity contribution in [3.63, 3.8) is 0 Å². The Balaban J connectivity index is 1.12. The molecule has 2 heterocycles. The van der Waals surface area contributed by atoms with Crippen molar-refractivity contribution < 1.29 is 4.52 Å². The number of likely N-dealkylation sites (tertiary alicyclic amines) is 1. The fourth-order valence-electron chi connectivity index (χ4n) is 4.80. The molecule has 0 spiro atoms. The van der Waals surface area contributed by atoms with Crippen molar-refractivity contribution in [3.8, 4) is 17.3 Å². The molecule has 5 heteroatoms. The molecule has 1 saturated heterocycles. The smallest absolute Gasteiger partial charge is 0.151 e. The first-order chi connectivity index (χ1) is 16.3. The van der Waals surface area contributed by atoms with E-state index in [1.165, 1.54) is 10.8 Å². The summed E-state index contributed by atoms with van der Waals surface area (Å²) in [7, 11) is 0. The second kappa shape index (κ2) is 9.58. The minimum absolute atomic E-state index is 0.344. The maximum Gasteiger partial charge on any atom is 0.151 e. The molecule has 5 rings (SSSR count). The van der Waals surface area contributed by atoms with Crippen molar-refractivity contribution in [2.45, 2.75) is 24.8 Å². The van der Waals surface area contributed by atoms with E-state index in [2.05, 4.69) is 76.0 Å². The van der Waals surface area contributed by atoms with Crippen molar-refractivity contribution >= 4 is 10.8 Å². The van der Waals surface area contributed by atoms with Gasteiger partial charge in [0.15, 0.2) is 5.76 Å². The summed E-state index contributed by atoms with van der Waals surface area (Å²) < 4.78 is 5.59. The first kappa shape index (κ1) is 21.4. The molecule has 0 bridgehead atoms. The zero-order chi connectivity index (χ0) is 22.5. The molecule has 1 aliphatic heterocycles. The fraction of sp³-hybridized carbons (Fsp3) is 0.286. The van der Waals surface area contributed by atoms with Gasteiger partial charge in [0.2, 0.25) is 0 Å². The number of hydrogen-bond donors (Lipinski definition) is 1. The minimum Gasteiger partial charge on any atom is -0.359 e. The van der Waals surface area contributed by atoms with Crippen molar-refractivity contribution in [2.75, 3.05) is 26.2 Å². The molecule has 1 aromatic heterocycles. The van der Waals surface area contributed by atoms with Crippen LogP contribution in [-0.4, -0.2) is 36.2 Å². The SMILES string of the molecule is N#CC1(c2ccccc2)CCN(CCNCc2cc(-c3cccc4ccccc34)no2)CC1. The van der Waals surface area contributed by atoms with E-state index in [0.29, 0.717) is 6.54 Å². The third-order valence-corrected chi connectivity index (χ3v) is 6.78. The summed E-state index contributed by atoms with van der Waals surface area (Å²) in [6.45, 7) is 4.36. The van der Waals surface area contributed by atoms with Gasteiger partial charge in [-0.15, -0.1) is 0 Å². The Morgan fingerprint density at radius 2 is 1.73 bits per heavy atom. The second-order valence-corrected chi connectivity index (χ2v) is 8.78.